The molecule has 0 saturated heterocycles. The van der Waals surface area contributed by atoms with Crippen molar-refractivity contribution >= 4 is 23.1 Å². The molecule has 4 heteroatoms. The zero-order valence-corrected chi connectivity index (χ0v) is 10.3. The Morgan fingerprint density at radius 1 is 1.29 bits per heavy atom. The molecule has 0 fully saturated rings. The molecular formula is C13H14ClN3. The van der Waals surface area contributed by atoms with Gasteiger partial charge in [-0.1, -0.05) is 23.7 Å². The number of nitrogens with zero attached hydrogens (tertiary/aromatic N) is 1. The van der Waals surface area contributed by atoms with E-state index in [1.165, 1.54) is 0 Å². The lowest BCUT2D eigenvalue weighted by Gasteiger charge is -2.15. The van der Waals surface area contributed by atoms with Crippen molar-refractivity contribution in [3.8, 4) is 0 Å². The number of pyridine rings is 1. The van der Waals surface area contributed by atoms with Gasteiger partial charge in [0.25, 0.3) is 0 Å². The van der Waals surface area contributed by atoms with E-state index in [1.807, 2.05) is 30.3 Å². The smallest absolute Gasteiger partial charge is 0.123 e. The van der Waals surface area contributed by atoms with Gasteiger partial charge in [0, 0.05) is 11.1 Å². The summed E-state index contributed by atoms with van der Waals surface area (Å²) in [6.45, 7) is 2.07. The summed E-state index contributed by atoms with van der Waals surface area (Å²) in [5.41, 5.74) is 7.60. The minimum Gasteiger partial charge on any atom is -0.384 e. The highest BCUT2D eigenvalue weighted by molar-refractivity contribution is 6.30. The quantitative estimate of drug-likeness (QED) is 0.873. The molecule has 2 rings (SSSR count). The molecule has 88 valence electrons. The fourth-order valence-corrected chi connectivity index (χ4v) is 1.80. The molecule has 1 aromatic heterocycles. The van der Waals surface area contributed by atoms with Gasteiger partial charge in [-0.2, -0.15) is 0 Å². The number of rotatable bonds is 3. The second kappa shape index (κ2) is 5.06. The SMILES string of the molecule is CC(Nc1ccc(N)nc1)c1cccc(Cl)c1. The van der Waals surface area contributed by atoms with Crippen LogP contribution in [0.15, 0.2) is 42.6 Å². The summed E-state index contributed by atoms with van der Waals surface area (Å²) in [4.78, 5) is 4.03. The molecule has 0 spiro atoms. The lowest BCUT2D eigenvalue weighted by atomic mass is 10.1. The van der Waals surface area contributed by atoms with Crippen molar-refractivity contribution in [3.63, 3.8) is 0 Å². The van der Waals surface area contributed by atoms with Crippen molar-refractivity contribution in [1.82, 2.24) is 4.98 Å². The Hall–Kier alpha value is -1.74. The Kier molecular flexibility index (Phi) is 3.49. The molecule has 0 bridgehead atoms. The monoisotopic (exact) mass is 247 g/mol. The second-order valence-electron chi connectivity index (χ2n) is 3.89. The summed E-state index contributed by atoms with van der Waals surface area (Å²) in [6.07, 6.45) is 1.72. The Balaban J connectivity index is 2.11. The molecule has 0 aliphatic heterocycles. The van der Waals surface area contributed by atoms with Gasteiger partial charge in [0.05, 0.1) is 11.9 Å². The Labute approximate surface area is 106 Å². The molecule has 3 N–H and O–H groups in total. The predicted octanol–water partition coefficient (Wildman–Crippen LogP) is 3.49. The molecule has 0 amide bonds. The van der Waals surface area contributed by atoms with E-state index in [2.05, 4.69) is 17.2 Å². The summed E-state index contributed by atoms with van der Waals surface area (Å²) in [6, 6.07) is 11.6. The van der Waals surface area contributed by atoms with Gasteiger partial charge in [0.15, 0.2) is 0 Å². The van der Waals surface area contributed by atoms with E-state index >= 15 is 0 Å². The molecule has 0 aliphatic rings. The fraction of sp³-hybridized carbons (Fsp3) is 0.154. The first-order valence-corrected chi connectivity index (χ1v) is 5.76. The summed E-state index contributed by atoms with van der Waals surface area (Å²) in [7, 11) is 0. The topological polar surface area (TPSA) is 50.9 Å². The Morgan fingerprint density at radius 2 is 2.12 bits per heavy atom. The molecule has 1 aromatic carbocycles. The number of hydrogen-bond donors (Lipinski definition) is 2. The Morgan fingerprint density at radius 3 is 2.76 bits per heavy atom. The van der Waals surface area contributed by atoms with Crippen LogP contribution in [0.1, 0.15) is 18.5 Å². The minimum absolute atomic E-state index is 0.166. The van der Waals surface area contributed by atoms with Crippen LogP contribution in [-0.4, -0.2) is 4.98 Å². The number of aromatic nitrogens is 1. The average molecular weight is 248 g/mol. The highest BCUT2D eigenvalue weighted by Gasteiger charge is 2.05. The van der Waals surface area contributed by atoms with Gasteiger partial charge < -0.3 is 11.1 Å². The first-order chi connectivity index (χ1) is 8.15. The molecule has 1 atom stereocenters. The third kappa shape index (κ3) is 3.11. The van der Waals surface area contributed by atoms with Gasteiger partial charge in [-0.15, -0.1) is 0 Å². The van der Waals surface area contributed by atoms with Crippen LogP contribution >= 0.6 is 11.6 Å². The summed E-state index contributed by atoms with van der Waals surface area (Å²) in [5, 5.41) is 4.08. The number of nitrogen functional groups attached to an aromatic ring is 1. The summed E-state index contributed by atoms with van der Waals surface area (Å²) in [5.74, 6) is 0.519. The van der Waals surface area contributed by atoms with Gasteiger partial charge in [0.1, 0.15) is 5.82 Å². The zero-order valence-electron chi connectivity index (χ0n) is 9.52. The molecule has 1 heterocycles. The van der Waals surface area contributed by atoms with Crippen molar-refractivity contribution in [2.45, 2.75) is 13.0 Å². The maximum absolute atomic E-state index is 5.96. The van der Waals surface area contributed by atoms with E-state index in [1.54, 1.807) is 12.3 Å². The minimum atomic E-state index is 0.166. The third-order valence-corrected chi connectivity index (χ3v) is 2.75. The van der Waals surface area contributed by atoms with Gasteiger partial charge in [-0.3, -0.25) is 0 Å². The standard InChI is InChI=1S/C13H14ClN3/c1-9(10-3-2-4-11(14)7-10)17-12-5-6-13(15)16-8-12/h2-9,17H,1H3,(H2,15,16). The van der Waals surface area contributed by atoms with Gasteiger partial charge in [0.2, 0.25) is 0 Å². The second-order valence-corrected chi connectivity index (χ2v) is 4.33. The van der Waals surface area contributed by atoms with E-state index in [0.717, 1.165) is 16.3 Å². The van der Waals surface area contributed by atoms with Crippen molar-refractivity contribution in [2.24, 2.45) is 0 Å². The summed E-state index contributed by atoms with van der Waals surface area (Å²) < 4.78 is 0. The highest BCUT2D eigenvalue weighted by Crippen LogP contribution is 2.21. The van der Waals surface area contributed by atoms with Crippen LogP contribution in [0.5, 0.6) is 0 Å². The van der Waals surface area contributed by atoms with Crippen molar-refractivity contribution in [2.75, 3.05) is 11.1 Å². The van der Waals surface area contributed by atoms with Gasteiger partial charge in [-0.05, 0) is 36.8 Å². The number of benzene rings is 1. The Bertz CT molecular complexity index is 496. The van der Waals surface area contributed by atoms with Crippen molar-refractivity contribution in [3.05, 3.63) is 53.2 Å². The first-order valence-electron chi connectivity index (χ1n) is 5.38. The molecule has 17 heavy (non-hydrogen) atoms. The highest BCUT2D eigenvalue weighted by atomic mass is 35.5. The fourth-order valence-electron chi connectivity index (χ4n) is 1.60. The summed E-state index contributed by atoms with van der Waals surface area (Å²) >= 11 is 5.96. The van der Waals surface area contributed by atoms with Crippen LogP contribution in [0.25, 0.3) is 0 Å². The van der Waals surface area contributed by atoms with Crippen LogP contribution in [0.4, 0.5) is 11.5 Å². The van der Waals surface area contributed by atoms with Gasteiger partial charge in [-0.25, -0.2) is 4.98 Å². The number of nitrogens with one attached hydrogen (secondary N) is 1. The average Bonchev–Trinajstić information content (AvgIpc) is 2.32. The van der Waals surface area contributed by atoms with E-state index in [4.69, 9.17) is 17.3 Å². The van der Waals surface area contributed by atoms with E-state index in [9.17, 15) is 0 Å². The normalized spacial score (nSPS) is 12.1. The van der Waals surface area contributed by atoms with Crippen LogP contribution in [0, 0.1) is 0 Å². The molecule has 0 aliphatic carbocycles. The van der Waals surface area contributed by atoms with Crippen LogP contribution < -0.4 is 11.1 Å². The maximum atomic E-state index is 5.96. The maximum Gasteiger partial charge on any atom is 0.123 e. The lowest BCUT2D eigenvalue weighted by molar-refractivity contribution is 0.883. The zero-order chi connectivity index (χ0) is 12.3. The van der Waals surface area contributed by atoms with E-state index in [0.29, 0.717) is 5.82 Å². The first kappa shape index (κ1) is 11.7. The van der Waals surface area contributed by atoms with E-state index < -0.39 is 0 Å². The van der Waals surface area contributed by atoms with Crippen LogP contribution in [-0.2, 0) is 0 Å². The third-order valence-electron chi connectivity index (χ3n) is 2.52. The number of nitrogens with two attached hydrogens (primary N) is 1. The van der Waals surface area contributed by atoms with Crippen LogP contribution in [0.3, 0.4) is 0 Å². The van der Waals surface area contributed by atoms with Gasteiger partial charge >= 0.3 is 0 Å². The van der Waals surface area contributed by atoms with E-state index in [-0.39, 0.29) is 6.04 Å². The number of hydrogen-bond acceptors (Lipinski definition) is 3. The van der Waals surface area contributed by atoms with Crippen molar-refractivity contribution in [1.29, 1.82) is 0 Å². The molecule has 3 nitrogen and oxygen atoms in total. The van der Waals surface area contributed by atoms with Crippen LogP contribution in [0.2, 0.25) is 5.02 Å². The molecule has 0 radical (unpaired) electrons. The lowest BCUT2D eigenvalue weighted by Crippen LogP contribution is -2.06. The number of anilines is 2. The largest absolute Gasteiger partial charge is 0.384 e. The molecular weight excluding hydrogens is 234 g/mol. The van der Waals surface area contributed by atoms with Crippen molar-refractivity contribution < 1.29 is 0 Å². The molecule has 0 saturated carbocycles. The predicted molar refractivity (Wildman–Crippen MR) is 72.1 cm³/mol. The molecule has 1 unspecified atom stereocenters. The number of halogens is 1. The molecule has 2 aromatic rings.